The lowest BCUT2D eigenvalue weighted by atomic mass is 10.2. The molecule has 0 atom stereocenters. The van der Waals surface area contributed by atoms with Crippen molar-refractivity contribution in [2.45, 2.75) is 38.3 Å². The summed E-state index contributed by atoms with van der Waals surface area (Å²) in [6.07, 6.45) is 8.70. The van der Waals surface area contributed by atoms with Crippen molar-refractivity contribution in [3.8, 4) is 0 Å². The van der Waals surface area contributed by atoms with Crippen molar-refractivity contribution in [2.24, 2.45) is 0 Å². The third-order valence-corrected chi connectivity index (χ3v) is 3.50. The summed E-state index contributed by atoms with van der Waals surface area (Å²) < 4.78 is 1.87. The topological polar surface area (TPSA) is 67.3 Å². The van der Waals surface area contributed by atoms with Crippen LogP contribution in [-0.4, -0.2) is 45.5 Å². The molecular weight excluding hydrogens is 216 g/mol. The lowest BCUT2D eigenvalue weighted by molar-refractivity contribution is 0.145. The molecule has 1 aromatic heterocycles. The molecule has 96 valence electrons. The number of aliphatic hydroxyl groups is 1. The van der Waals surface area contributed by atoms with Gasteiger partial charge in [0.1, 0.15) is 0 Å². The van der Waals surface area contributed by atoms with Gasteiger partial charge in [0, 0.05) is 25.3 Å². The predicted molar refractivity (Wildman–Crippen MR) is 67.6 cm³/mol. The van der Waals surface area contributed by atoms with Gasteiger partial charge in [0.05, 0.1) is 25.0 Å². The SMILES string of the molecule is Nc1cnn(CCN(CCO)C2CCCC2)c1. The highest BCUT2D eigenvalue weighted by atomic mass is 16.3. The van der Waals surface area contributed by atoms with Gasteiger partial charge in [-0.15, -0.1) is 0 Å². The standard InChI is InChI=1S/C12H22N4O/c13-11-9-14-16(10-11)6-5-15(7-8-17)12-3-1-2-4-12/h9-10,12,17H,1-8,13H2. The predicted octanol–water partition coefficient (Wildman–Crippen LogP) is 0.702. The Morgan fingerprint density at radius 3 is 2.76 bits per heavy atom. The van der Waals surface area contributed by atoms with E-state index >= 15 is 0 Å². The van der Waals surface area contributed by atoms with E-state index in [2.05, 4.69) is 10.00 Å². The summed E-state index contributed by atoms with van der Waals surface area (Å²) in [4.78, 5) is 2.38. The molecule has 1 aliphatic carbocycles. The molecule has 0 saturated heterocycles. The fraction of sp³-hybridized carbons (Fsp3) is 0.750. The van der Waals surface area contributed by atoms with Crippen molar-refractivity contribution in [1.82, 2.24) is 14.7 Å². The van der Waals surface area contributed by atoms with E-state index in [0.29, 0.717) is 11.7 Å². The maximum absolute atomic E-state index is 9.11. The first-order valence-electron chi connectivity index (χ1n) is 6.42. The Hall–Kier alpha value is -1.07. The number of nitrogens with zero attached hydrogens (tertiary/aromatic N) is 3. The van der Waals surface area contributed by atoms with Gasteiger partial charge in [0.25, 0.3) is 0 Å². The smallest absolute Gasteiger partial charge is 0.0719 e. The highest BCUT2D eigenvalue weighted by Crippen LogP contribution is 2.23. The molecule has 1 heterocycles. The summed E-state index contributed by atoms with van der Waals surface area (Å²) in [7, 11) is 0. The molecule has 0 radical (unpaired) electrons. The maximum Gasteiger partial charge on any atom is 0.0719 e. The van der Waals surface area contributed by atoms with Crippen LogP contribution in [0.15, 0.2) is 12.4 Å². The van der Waals surface area contributed by atoms with E-state index in [4.69, 9.17) is 10.8 Å². The second-order valence-corrected chi connectivity index (χ2v) is 4.73. The number of hydrogen-bond donors (Lipinski definition) is 2. The summed E-state index contributed by atoms with van der Waals surface area (Å²) in [5, 5.41) is 13.3. The second-order valence-electron chi connectivity index (χ2n) is 4.73. The van der Waals surface area contributed by atoms with Crippen LogP contribution >= 0.6 is 0 Å². The monoisotopic (exact) mass is 238 g/mol. The van der Waals surface area contributed by atoms with Gasteiger partial charge in [0.15, 0.2) is 0 Å². The highest BCUT2D eigenvalue weighted by Gasteiger charge is 2.21. The average Bonchev–Trinajstić information content (AvgIpc) is 2.95. The fourth-order valence-electron chi connectivity index (χ4n) is 2.61. The molecule has 1 fully saturated rings. The fourth-order valence-corrected chi connectivity index (χ4v) is 2.61. The number of hydrogen-bond acceptors (Lipinski definition) is 4. The van der Waals surface area contributed by atoms with Gasteiger partial charge < -0.3 is 10.8 Å². The average molecular weight is 238 g/mol. The summed E-state index contributed by atoms with van der Waals surface area (Å²) >= 11 is 0. The van der Waals surface area contributed by atoms with Gasteiger partial charge in [-0.25, -0.2) is 0 Å². The minimum Gasteiger partial charge on any atom is -0.396 e. The Labute approximate surface area is 102 Å². The molecule has 0 bridgehead atoms. The van der Waals surface area contributed by atoms with Crippen LogP contribution in [0.2, 0.25) is 0 Å². The largest absolute Gasteiger partial charge is 0.396 e. The zero-order chi connectivity index (χ0) is 12.1. The van der Waals surface area contributed by atoms with Crippen LogP contribution in [0.4, 0.5) is 5.69 Å². The van der Waals surface area contributed by atoms with Crippen LogP contribution in [0.25, 0.3) is 0 Å². The van der Waals surface area contributed by atoms with Crippen LogP contribution in [0.3, 0.4) is 0 Å². The lowest BCUT2D eigenvalue weighted by Gasteiger charge is -2.27. The van der Waals surface area contributed by atoms with Gasteiger partial charge in [-0.05, 0) is 12.8 Å². The Morgan fingerprint density at radius 1 is 1.41 bits per heavy atom. The Morgan fingerprint density at radius 2 is 2.18 bits per heavy atom. The Bertz CT molecular complexity index is 333. The first-order valence-corrected chi connectivity index (χ1v) is 6.42. The molecule has 5 heteroatoms. The van der Waals surface area contributed by atoms with Gasteiger partial charge in [-0.1, -0.05) is 12.8 Å². The molecular formula is C12H22N4O. The number of nitrogen functional groups attached to an aromatic ring is 1. The molecule has 3 N–H and O–H groups in total. The molecule has 17 heavy (non-hydrogen) atoms. The van der Waals surface area contributed by atoms with Crippen LogP contribution in [0.5, 0.6) is 0 Å². The van der Waals surface area contributed by atoms with E-state index in [9.17, 15) is 0 Å². The molecule has 5 nitrogen and oxygen atoms in total. The second kappa shape index (κ2) is 6.02. The van der Waals surface area contributed by atoms with Gasteiger partial charge in [-0.2, -0.15) is 5.10 Å². The molecule has 1 aliphatic rings. The van der Waals surface area contributed by atoms with Crippen LogP contribution in [-0.2, 0) is 6.54 Å². The molecule has 0 aliphatic heterocycles. The molecule has 0 aromatic carbocycles. The van der Waals surface area contributed by atoms with Crippen molar-refractivity contribution in [2.75, 3.05) is 25.4 Å². The summed E-state index contributed by atoms with van der Waals surface area (Å²) in [5.74, 6) is 0. The molecule has 0 spiro atoms. The number of nitrogens with two attached hydrogens (primary N) is 1. The van der Waals surface area contributed by atoms with Crippen molar-refractivity contribution in [1.29, 1.82) is 0 Å². The quantitative estimate of drug-likeness (QED) is 0.765. The maximum atomic E-state index is 9.11. The van der Waals surface area contributed by atoms with Crippen LogP contribution < -0.4 is 5.73 Å². The molecule has 1 saturated carbocycles. The zero-order valence-electron chi connectivity index (χ0n) is 10.3. The minimum absolute atomic E-state index is 0.234. The van der Waals surface area contributed by atoms with Crippen molar-refractivity contribution in [3.05, 3.63) is 12.4 Å². The van der Waals surface area contributed by atoms with E-state index < -0.39 is 0 Å². The van der Waals surface area contributed by atoms with E-state index in [1.807, 2.05) is 10.9 Å². The van der Waals surface area contributed by atoms with E-state index in [1.165, 1.54) is 25.7 Å². The number of rotatable bonds is 6. The zero-order valence-corrected chi connectivity index (χ0v) is 10.3. The highest BCUT2D eigenvalue weighted by molar-refractivity contribution is 5.30. The van der Waals surface area contributed by atoms with E-state index in [-0.39, 0.29) is 6.61 Å². The normalized spacial score (nSPS) is 17.1. The molecule has 0 unspecified atom stereocenters. The number of aromatic nitrogens is 2. The van der Waals surface area contributed by atoms with Gasteiger partial charge >= 0.3 is 0 Å². The van der Waals surface area contributed by atoms with Crippen molar-refractivity contribution < 1.29 is 5.11 Å². The van der Waals surface area contributed by atoms with Crippen molar-refractivity contribution >= 4 is 5.69 Å². The van der Waals surface area contributed by atoms with Crippen LogP contribution in [0, 0.1) is 0 Å². The van der Waals surface area contributed by atoms with E-state index in [1.54, 1.807) is 6.20 Å². The number of aliphatic hydroxyl groups excluding tert-OH is 1. The molecule has 1 aromatic rings. The summed E-state index contributed by atoms with van der Waals surface area (Å²) in [5.41, 5.74) is 6.34. The van der Waals surface area contributed by atoms with Gasteiger partial charge in [0.2, 0.25) is 0 Å². The molecule has 0 amide bonds. The third kappa shape index (κ3) is 3.44. The van der Waals surface area contributed by atoms with Crippen LogP contribution in [0.1, 0.15) is 25.7 Å². The number of anilines is 1. The third-order valence-electron chi connectivity index (χ3n) is 3.50. The minimum atomic E-state index is 0.234. The Balaban J connectivity index is 1.84. The summed E-state index contributed by atoms with van der Waals surface area (Å²) in [6.45, 7) is 2.78. The van der Waals surface area contributed by atoms with Crippen molar-refractivity contribution in [3.63, 3.8) is 0 Å². The van der Waals surface area contributed by atoms with Gasteiger partial charge in [-0.3, -0.25) is 9.58 Å². The first-order chi connectivity index (χ1) is 8.29. The summed E-state index contributed by atoms with van der Waals surface area (Å²) in [6, 6.07) is 0.648. The first kappa shape index (κ1) is 12.4. The molecule has 2 rings (SSSR count). The van der Waals surface area contributed by atoms with E-state index in [0.717, 1.165) is 19.6 Å². The lowest BCUT2D eigenvalue weighted by Crippen LogP contribution is -2.38. The Kier molecular flexibility index (Phi) is 4.39.